The second-order valence-corrected chi connectivity index (χ2v) is 8.21. The van der Waals surface area contributed by atoms with Crippen LogP contribution in [0.5, 0.6) is 5.75 Å². The number of carbonyl (C=O) groups is 2. The van der Waals surface area contributed by atoms with Gasteiger partial charge in [0.2, 0.25) is 0 Å². The zero-order valence-electron chi connectivity index (χ0n) is 16.7. The summed E-state index contributed by atoms with van der Waals surface area (Å²) in [7, 11) is 1.63. The lowest BCUT2D eigenvalue weighted by Crippen LogP contribution is -2.51. The molecule has 1 aromatic carbocycles. The van der Waals surface area contributed by atoms with Crippen LogP contribution in [0.4, 0.5) is 0 Å². The van der Waals surface area contributed by atoms with Crippen molar-refractivity contribution in [1.82, 2.24) is 4.90 Å². The zero-order chi connectivity index (χ0) is 20.1. The highest BCUT2D eigenvalue weighted by atomic mass is 32.1. The van der Waals surface area contributed by atoms with Gasteiger partial charge in [0, 0.05) is 13.1 Å². The predicted molar refractivity (Wildman–Crippen MR) is 110 cm³/mol. The molecule has 0 N–H and O–H groups in total. The van der Waals surface area contributed by atoms with Crippen LogP contribution in [0.15, 0.2) is 35.7 Å². The molecule has 1 atom stereocenters. The molecule has 1 aliphatic heterocycles. The van der Waals surface area contributed by atoms with E-state index in [1.807, 2.05) is 54.5 Å². The van der Waals surface area contributed by atoms with E-state index in [-0.39, 0.29) is 11.9 Å². The Morgan fingerprint density at radius 1 is 1.29 bits per heavy atom. The topological polar surface area (TPSA) is 55.8 Å². The summed E-state index contributed by atoms with van der Waals surface area (Å²) in [6, 6.07) is 9.71. The Hall–Kier alpha value is -2.34. The molecule has 1 fully saturated rings. The highest BCUT2D eigenvalue weighted by Crippen LogP contribution is 2.37. The van der Waals surface area contributed by atoms with Crippen molar-refractivity contribution in [3.63, 3.8) is 0 Å². The molecule has 0 aliphatic carbocycles. The molecule has 1 aliphatic rings. The Kier molecular flexibility index (Phi) is 6.39. The first kappa shape index (κ1) is 20.4. The number of nitrogens with zero attached hydrogens (tertiary/aromatic N) is 1. The summed E-state index contributed by atoms with van der Waals surface area (Å²) in [6.07, 6.45) is 2.01. The molecule has 5 nitrogen and oxygen atoms in total. The molecule has 2 aromatic rings. The normalized spacial score (nSPS) is 19.3. The minimum absolute atomic E-state index is 0.00603. The van der Waals surface area contributed by atoms with Gasteiger partial charge in [-0.25, -0.2) is 0 Å². The number of esters is 1. The number of carbonyl (C=O) groups excluding carboxylic acids is 2. The molecular formula is C22H27NO4S. The predicted octanol–water partition coefficient (Wildman–Crippen LogP) is 4.09. The number of thiophene rings is 1. The number of ether oxygens (including phenoxy) is 2. The lowest BCUT2D eigenvalue weighted by atomic mass is 9.75. The van der Waals surface area contributed by atoms with Crippen molar-refractivity contribution in [3.05, 3.63) is 51.7 Å². The van der Waals surface area contributed by atoms with Crippen molar-refractivity contribution in [1.29, 1.82) is 0 Å². The molecule has 1 amide bonds. The largest absolute Gasteiger partial charge is 0.497 e. The number of hydrogen-bond donors (Lipinski definition) is 0. The van der Waals surface area contributed by atoms with E-state index >= 15 is 0 Å². The summed E-state index contributed by atoms with van der Waals surface area (Å²) < 4.78 is 10.8. The van der Waals surface area contributed by atoms with Crippen LogP contribution in [0.2, 0.25) is 0 Å². The summed E-state index contributed by atoms with van der Waals surface area (Å²) in [5, 5.41) is 1.93. The number of aryl methyl sites for hydroxylation is 1. The van der Waals surface area contributed by atoms with Gasteiger partial charge in [0.05, 0.1) is 24.0 Å². The van der Waals surface area contributed by atoms with Gasteiger partial charge >= 0.3 is 5.97 Å². The van der Waals surface area contributed by atoms with Crippen molar-refractivity contribution < 1.29 is 19.1 Å². The number of methoxy groups -OCH3 is 1. The smallest absolute Gasteiger partial charge is 0.314 e. The minimum atomic E-state index is -0.735. The highest BCUT2D eigenvalue weighted by molar-refractivity contribution is 7.12. The van der Waals surface area contributed by atoms with Gasteiger partial charge in [-0.3, -0.25) is 9.59 Å². The second-order valence-electron chi connectivity index (χ2n) is 7.29. The minimum Gasteiger partial charge on any atom is -0.497 e. The van der Waals surface area contributed by atoms with Crippen molar-refractivity contribution in [2.45, 2.75) is 33.1 Å². The zero-order valence-corrected chi connectivity index (χ0v) is 17.5. The van der Waals surface area contributed by atoms with Gasteiger partial charge in [0.25, 0.3) is 5.91 Å². The molecule has 6 heteroatoms. The Bertz CT molecular complexity index is 847. The van der Waals surface area contributed by atoms with Gasteiger partial charge in [-0.15, -0.1) is 11.3 Å². The lowest BCUT2D eigenvalue weighted by Gasteiger charge is -2.41. The monoisotopic (exact) mass is 401 g/mol. The van der Waals surface area contributed by atoms with Gasteiger partial charge in [-0.1, -0.05) is 12.1 Å². The van der Waals surface area contributed by atoms with Crippen molar-refractivity contribution in [2.75, 3.05) is 26.8 Å². The SMILES string of the molecule is CCOC(=O)[C@@]1(Cc2cccc(OC)c2)CCCN(C(=O)c2sccc2C)C1. The van der Waals surface area contributed by atoms with E-state index in [4.69, 9.17) is 9.47 Å². The Morgan fingerprint density at radius 3 is 2.79 bits per heavy atom. The number of hydrogen-bond acceptors (Lipinski definition) is 5. The van der Waals surface area contributed by atoms with Crippen molar-refractivity contribution >= 4 is 23.2 Å². The van der Waals surface area contributed by atoms with E-state index in [0.717, 1.165) is 28.2 Å². The van der Waals surface area contributed by atoms with Gasteiger partial charge in [0.1, 0.15) is 5.75 Å². The van der Waals surface area contributed by atoms with Crippen molar-refractivity contribution in [3.8, 4) is 5.75 Å². The maximum Gasteiger partial charge on any atom is 0.314 e. The number of rotatable bonds is 6. The van der Waals surface area contributed by atoms with Crippen LogP contribution in [-0.2, 0) is 16.0 Å². The molecule has 0 unspecified atom stereocenters. The third-order valence-electron chi connectivity index (χ3n) is 5.31. The summed E-state index contributed by atoms with van der Waals surface area (Å²) in [4.78, 5) is 28.6. The Labute approximate surface area is 170 Å². The average Bonchev–Trinajstić information content (AvgIpc) is 3.13. The van der Waals surface area contributed by atoms with Gasteiger partial charge in [-0.05, 0) is 67.8 Å². The van der Waals surface area contributed by atoms with E-state index in [9.17, 15) is 9.59 Å². The number of amides is 1. The molecule has 0 spiro atoms. The number of piperidine rings is 1. The summed E-state index contributed by atoms with van der Waals surface area (Å²) in [6.45, 7) is 5.13. The summed E-state index contributed by atoms with van der Waals surface area (Å²) in [5.41, 5.74) is 1.26. The van der Waals surface area contributed by atoms with E-state index in [0.29, 0.717) is 32.5 Å². The van der Waals surface area contributed by atoms with Crippen LogP contribution in [0.25, 0.3) is 0 Å². The van der Waals surface area contributed by atoms with E-state index < -0.39 is 5.41 Å². The molecule has 0 radical (unpaired) electrons. The molecule has 1 aromatic heterocycles. The molecule has 2 heterocycles. The Morgan fingerprint density at radius 2 is 2.11 bits per heavy atom. The van der Waals surface area contributed by atoms with E-state index in [1.165, 1.54) is 11.3 Å². The van der Waals surface area contributed by atoms with Crippen LogP contribution < -0.4 is 4.74 Å². The van der Waals surface area contributed by atoms with Crippen LogP contribution in [0.3, 0.4) is 0 Å². The first-order valence-corrected chi connectivity index (χ1v) is 10.5. The maximum absolute atomic E-state index is 13.1. The molecule has 0 bridgehead atoms. The second kappa shape index (κ2) is 8.78. The fourth-order valence-electron chi connectivity index (χ4n) is 3.88. The number of benzene rings is 1. The highest BCUT2D eigenvalue weighted by Gasteiger charge is 2.45. The third-order valence-corrected chi connectivity index (χ3v) is 6.31. The molecule has 150 valence electrons. The molecule has 0 saturated carbocycles. The van der Waals surface area contributed by atoms with Crippen LogP contribution in [-0.4, -0.2) is 43.6 Å². The number of likely N-dealkylation sites (tertiary alicyclic amines) is 1. The van der Waals surface area contributed by atoms with Gasteiger partial charge < -0.3 is 14.4 Å². The fourth-order valence-corrected chi connectivity index (χ4v) is 4.77. The maximum atomic E-state index is 13.1. The van der Waals surface area contributed by atoms with Crippen LogP contribution >= 0.6 is 11.3 Å². The molecular weight excluding hydrogens is 374 g/mol. The quantitative estimate of drug-likeness (QED) is 0.684. The standard InChI is InChI=1S/C22H27NO4S/c1-4-27-21(25)22(14-17-7-5-8-18(13-17)26-3)10-6-11-23(15-22)20(24)19-16(2)9-12-28-19/h5,7-9,12-13H,4,6,10-11,14-15H2,1-3H3/t22-/m1/s1. The lowest BCUT2D eigenvalue weighted by molar-refractivity contribution is -0.158. The van der Waals surface area contributed by atoms with Gasteiger partial charge in [-0.2, -0.15) is 0 Å². The average molecular weight is 402 g/mol. The van der Waals surface area contributed by atoms with Gasteiger partial charge in [0.15, 0.2) is 0 Å². The molecule has 28 heavy (non-hydrogen) atoms. The van der Waals surface area contributed by atoms with E-state index in [2.05, 4.69) is 0 Å². The third kappa shape index (κ3) is 4.22. The van der Waals surface area contributed by atoms with Crippen LogP contribution in [0, 0.1) is 12.3 Å². The first-order valence-electron chi connectivity index (χ1n) is 9.62. The Balaban J connectivity index is 1.89. The van der Waals surface area contributed by atoms with E-state index in [1.54, 1.807) is 7.11 Å². The molecule has 3 rings (SSSR count). The summed E-state index contributed by atoms with van der Waals surface area (Å²) in [5.74, 6) is 0.541. The molecule has 1 saturated heterocycles. The fraction of sp³-hybridized carbons (Fsp3) is 0.455. The van der Waals surface area contributed by atoms with Crippen LogP contribution in [0.1, 0.15) is 40.6 Å². The summed E-state index contributed by atoms with van der Waals surface area (Å²) >= 11 is 1.46. The first-order chi connectivity index (χ1) is 13.5. The van der Waals surface area contributed by atoms with Crippen molar-refractivity contribution in [2.24, 2.45) is 5.41 Å².